The van der Waals surface area contributed by atoms with Gasteiger partial charge in [-0.2, -0.15) is 0 Å². The maximum Gasteiger partial charge on any atom is 0.261 e. The monoisotopic (exact) mass is 305 g/mol. The van der Waals surface area contributed by atoms with Crippen LogP contribution in [-0.2, 0) is 17.1 Å². The summed E-state index contributed by atoms with van der Waals surface area (Å²) in [5.74, 6) is 0.939. The van der Waals surface area contributed by atoms with Crippen LogP contribution in [0.25, 0.3) is 0 Å². The molecule has 0 amide bonds. The van der Waals surface area contributed by atoms with Crippen molar-refractivity contribution < 1.29 is 8.42 Å². The van der Waals surface area contributed by atoms with E-state index in [-0.39, 0.29) is 16.2 Å². The van der Waals surface area contributed by atoms with Gasteiger partial charge in [-0.15, -0.1) is 0 Å². The average molecular weight is 306 g/mol. The molecule has 2 rings (SSSR count). The van der Waals surface area contributed by atoms with Gasteiger partial charge in [0, 0.05) is 13.1 Å². The Balaban J connectivity index is 2.17. The molecular formula is C12H20ClN3O2S. The minimum Gasteiger partial charge on any atom is -0.324 e. The van der Waals surface area contributed by atoms with E-state index < -0.39 is 10.0 Å². The molecule has 0 aliphatic heterocycles. The molecule has 1 aliphatic rings. The Bertz CT molecular complexity index is 555. The second kappa shape index (κ2) is 5.42. The predicted octanol–water partition coefficient (Wildman–Crippen LogP) is 2.18. The topological polar surface area (TPSA) is 64.0 Å². The van der Waals surface area contributed by atoms with Crippen LogP contribution in [0, 0.1) is 11.8 Å². The molecule has 1 N–H and O–H groups in total. The van der Waals surface area contributed by atoms with Gasteiger partial charge in [0.1, 0.15) is 5.15 Å². The lowest BCUT2D eigenvalue weighted by Crippen LogP contribution is -2.37. The summed E-state index contributed by atoms with van der Waals surface area (Å²) in [6.45, 7) is 4.25. The highest BCUT2D eigenvalue weighted by atomic mass is 35.5. The van der Waals surface area contributed by atoms with Gasteiger partial charge in [-0.05, 0) is 24.7 Å². The van der Waals surface area contributed by atoms with Crippen molar-refractivity contribution in [3.8, 4) is 0 Å². The number of hydrogen-bond donors (Lipinski definition) is 1. The van der Waals surface area contributed by atoms with E-state index in [1.165, 1.54) is 10.9 Å². The third kappa shape index (κ3) is 2.80. The maximum atomic E-state index is 12.3. The molecule has 0 bridgehead atoms. The Labute approximate surface area is 119 Å². The number of hydrogen-bond acceptors (Lipinski definition) is 3. The lowest BCUT2D eigenvalue weighted by atomic mass is 9.94. The van der Waals surface area contributed by atoms with Gasteiger partial charge >= 0.3 is 0 Å². The molecule has 0 spiro atoms. The van der Waals surface area contributed by atoms with Gasteiger partial charge in [-0.25, -0.2) is 18.1 Å². The molecule has 0 saturated heterocycles. The maximum absolute atomic E-state index is 12.3. The molecule has 1 aliphatic carbocycles. The highest BCUT2D eigenvalue weighted by molar-refractivity contribution is 7.89. The standard InChI is InChI=1S/C12H20ClN3O2S/c1-4-9-5-6-10(8(9)2)15-19(17,18)12-11(13)16(3)7-14-12/h7-10,15H,4-6H2,1-3H3. The van der Waals surface area contributed by atoms with E-state index >= 15 is 0 Å². The quantitative estimate of drug-likeness (QED) is 0.927. The smallest absolute Gasteiger partial charge is 0.261 e. The minimum absolute atomic E-state index is 0.0203. The predicted molar refractivity (Wildman–Crippen MR) is 74.5 cm³/mol. The van der Waals surface area contributed by atoms with Gasteiger partial charge in [-0.3, -0.25) is 0 Å². The van der Waals surface area contributed by atoms with Crippen molar-refractivity contribution in [2.24, 2.45) is 18.9 Å². The van der Waals surface area contributed by atoms with Gasteiger partial charge in [-0.1, -0.05) is 31.9 Å². The summed E-state index contributed by atoms with van der Waals surface area (Å²) in [6, 6.07) is -0.0203. The van der Waals surface area contributed by atoms with Crippen molar-refractivity contribution in [3.63, 3.8) is 0 Å². The third-order valence-corrected chi connectivity index (χ3v) is 6.13. The van der Waals surface area contributed by atoms with Gasteiger partial charge in [0.15, 0.2) is 0 Å². The highest BCUT2D eigenvalue weighted by Crippen LogP contribution is 2.34. The van der Waals surface area contributed by atoms with Crippen molar-refractivity contribution in [2.45, 2.75) is 44.2 Å². The van der Waals surface area contributed by atoms with E-state index in [0.717, 1.165) is 19.3 Å². The van der Waals surface area contributed by atoms with Crippen LogP contribution >= 0.6 is 11.6 Å². The van der Waals surface area contributed by atoms with Crippen molar-refractivity contribution in [3.05, 3.63) is 11.5 Å². The summed E-state index contributed by atoms with van der Waals surface area (Å²) in [7, 11) is -1.97. The number of aryl methyl sites for hydroxylation is 1. The van der Waals surface area contributed by atoms with Crippen LogP contribution in [0.15, 0.2) is 11.4 Å². The zero-order valence-electron chi connectivity index (χ0n) is 11.4. The Hall–Kier alpha value is -0.590. The number of rotatable bonds is 4. The van der Waals surface area contributed by atoms with E-state index in [1.807, 2.05) is 0 Å². The molecule has 0 radical (unpaired) electrons. The number of halogens is 1. The first-order valence-corrected chi connectivity index (χ1v) is 8.42. The second-order valence-electron chi connectivity index (χ2n) is 5.28. The number of aromatic nitrogens is 2. The normalized spacial score (nSPS) is 27.9. The van der Waals surface area contributed by atoms with Crippen molar-refractivity contribution >= 4 is 21.6 Å². The molecule has 3 unspecified atom stereocenters. The van der Waals surface area contributed by atoms with E-state index in [0.29, 0.717) is 11.8 Å². The molecule has 3 atom stereocenters. The Kier molecular flexibility index (Phi) is 4.23. The number of nitrogens with one attached hydrogen (secondary N) is 1. The summed E-state index contributed by atoms with van der Waals surface area (Å²) in [5.41, 5.74) is 0. The van der Waals surface area contributed by atoms with Crippen molar-refractivity contribution in [1.82, 2.24) is 14.3 Å². The zero-order chi connectivity index (χ0) is 14.2. The summed E-state index contributed by atoms with van der Waals surface area (Å²) >= 11 is 5.95. The Morgan fingerprint density at radius 2 is 2.21 bits per heavy atom. The second-order valence-corrected chi connectivity index (χ2v) is 7.27. The molecular weight excluding hydrogens is 286 g/mol. The van der Waals surface area contributed by atoms with Crippen LogP contribution in [-0.4, -0.2) is 24.0 Å². The van der Waals surface area contributed by atoms with Crippen LogP contribution in [0.5, 0.6) is 0 Å². The number of nitrogens with zero attached hydrogens (tertiary/aromatic N) is 2. The molecule has 19 heavy (non-hydrogen) atoms. The van der Waals surface area contributed by atoms with Crippen LogP contribution in [0.1, 0.15) is 33.1 Å². The first-order valence-electron chi connectivity index (χ1n) is 6.56. The average Bonchev–Trinajstić information content (AvgIpc) is 2.85. The largest absolute Gasteiger partial charge is 0.324 e. The molecule has 1 aromatic rings. The van der Waals surface area contributed by atoms with Crippen LogP contribution < -0.4 is 4.72 Å². The Morgan fingerprint density at radius 1 is 1.53 bits per heavy atom. The third-order valence-electron chi connectivity index (χ3n) is 4.15. The Morgan fingerprint density at radius 3 is 2.68 bits per heavy atom. The molecule has 0 aromatic carbocycles. The molecule has 1 fully saturated rings. The molecule has 1 heterocycles. The molecule has 1 aromatic heterocycles. The SMILES string of the molecule is CCC1CCC(NS(=O)(=O)c2ncn(C)c2Cl)C1C. The lowest BCUT2D eigenvalue weighted by Gasteiger charge is -2.20. The van der Waals surface area contributed by atoms with Crippen LogP contribution in [0.3, 0.4) is 0 Å². The summed E-state index contributed by atoms with van der Waals surface area (Å²) in [6.07, 6.45) is 4.44. The first kappa shape index (κ1) is 14.8. The number of sulfonamides is 1. The van der Waals surface area contributed by atoms with E-state index in [4.69, 9.17) is 11.6 Å². The fourth-order valence-corrected chi connectivity index (χ4v) is 4.61. The van der Waals surface area contributed by atoms with E-state index in [1.54, 1.807) is 7.05 Å². The van der Waals surface area contributed by atoms with Gasteiger partial charge in [0.05, 0.1) is 6.33 Å². The number of imidazole rings is 1. The molecule has 108 valence electrons. The van der Waals surface area contributed by atoms with Crippen LogP contribution in [0.2, 0.25) is 5.15 Å². The van der Waals surface area contributed by atoms with Crippen molar-refractivity contribution in [2.75, 3.05) is 0 Å². The van der Waals surface area contributed by atoms with Gasteiger partial charge in [0.2, 0.25) is 5.03 Å². The van der Waals surface area contributed by atoms with Gasteiger partial charge in [0.25, 0.3) is 10.0 Å². The molecule has 1 saturated carbocycles. The first-order chi connectivity index (χ1) is 8.86. The highest BCUT2D eigenvalue weighted by Gasteiger charge is 2.35. The van der Waals surface area contributed by atoms with E-state index in [2.05, 4.69) is 23.6 Å². The fourth-order valence-electron chi connectivity index (χ4n) is 2.82. The van der Waals surface area contributed by atoms with Gasteiger partial charge < -0.3 is 4.57 Å². The fraction of sp³-hybridized carbons (Fsp3) is 0.750. The summed E-state index contributed by atoms with van der Waals surface area (Å²) in [4.78, 5) is 3.87. The van der Waals surface area contributed by atoms with Crippen LogP contribution in [0.4, 0.5) is 0 Å². The van der Waals surface area contributed by atoms with E-state index in [9.17, 15) is 8.42 Å². The summed E-state index contributed by atoms with van der Waals surface area (Å²) in [5, 5.41) is 0.0639. The lowest BCUT2D eigenvalue weighted by molar-refractivity contribution is 0.368. The van der Waals surface area contributed by atoms with Crippen molar-refractivity contribution in [1.29, 1.82) is 0 Å². The molecule has 7 heteroatoms. The molecule has 5 nitrogen and oxygen atoms in total. The minimum atomic E-state index is -3.63. The summed E-state index contributed by atoms with van der Waals surface area (Å²) < 4.78 is 28.8. The zero-order valence-corrected chi connectivity index (χ0v) is 13.0.